The minimum Gasteiger partial charge on any atom is -0.322 e. The third kappa shape index (κ3) is 2.89. The number of nitrogens with one attached hydrogen (secondary N) is 2. The summed E-state index contributed by atoms with van der Waals surface area (Å²) in [6, 6.07) is 0.283. The quantitative estimate of drug-likeness (QED) is 0.898. The van der Waals surface area contributed by atoms with Gasteiger partial charge in [-0.15, -0.1) is 0 Å². The predicted molar refractivity (Wildman–Crippen MR) is 83.4 cm³/mol. The van der Waals surface area contributed by atoms with E-state index in [1.54, 1.807) is 0 Å². The molecule has 1 atom stereocenters. The van der Waals surface area contributed by atoms with Crippen LogP contribution in [-0.4, -0.2) is 43.9 Å². The van der Waals surface area contributed by atoms with Crippen molar-refractivity contribution in [3.8, 4) is 0 Å². The number of amides is 1. The topological polar surface area (TPSA) is 78.8 Å². The van der Waals surface area contributed by atoms with Crippen LogP contribution in [0.4, 0.5) is 5.69 Å². The van der Waals surface area contributed by atoms with Crippen LogP contribution in [0.5, 0.6) is 0 Å². The number of aromatic nitrogens is 4. The summed E-state index contributed by atoms with van der Waals surface area (Å²) in [6.07, 6.45) is 6.11. The van der Waals surface area contributed by atoms with E-state index in [4.69, 9.17) is 0 Å². The molecule has 0 aromatic carbocycles. The van der Waals surface area contributed by atoms with Gasteiger partial charge in [0.05, 0.1) is 29.8 Å². The summed E-state index contributed by atoms with van der Waals surface area (Å²) in [5.74, 6) is 0.00314. The van der Waals surface area contributed by atoms with E-state index in [9.17, 15) is 4.79 Å². The van der Waals surface area contributed by atoms with Crippen molar-refractivity contribution >= 4 is 11.6 Å². The van der Waals surface area contributed by atoms with Gasteiger partial charge in [0.25, 0.3) is 0 Å². The highest BCUT2D eigenvalue weighted by molar-refractivity contribution is 5.93. The predicted octanol–water partition coefficient (Wildman–Crippen LogP) is 1.54. The molecule has 2 aromatic rings. The summed E-state index contributed by atoms with van der Waals surface area (Å²) < 4.78 is 1.81. The van der Waals surface area contributed by atoms with Gasteiger partial charge in [0.2, 0.25) is 5.91 Å². The number of aromatic amines is 1. The average Bonchev–Trinajstić information content (AvgIpc) is 3.16. The Hall–Kier alpha value is -2.15. The fourth-order valence-electron chi connectivity index (χ4n) is 3.10. The molecule has 1 aliphatic heterocycles. The Bertz CT molecular complexity index is 654. The normalized spacial score (nSPS) is 18.8. The highest BCUT2D eigenvalue weighted by Gasteiger charge is 2.28. The second kappa shape index (κ2) is 5.92. The Balaban J connectivity index is 1.65. The zero-order valence-electron chi connectivity index (χ0n) is 13.3. The van der Waals surface area contributed by atoms with Crippen molar-refractivity contribution in [3.05, 3.63) is 29.3 Å². The first kappa shape index (κ1) is 14.8. The maximum Gasteiger partial charge on any atom is 0.238 e. The molecule has 22 heavy (non-hydrogen) atoms. The third-order valence-corrected chi connectivity index (χ3v) is 4.21. The van der Waals surface area contributed by atoms with Gasteiger partial charge in [-0.25, -0.2) is 0 Å². The van der Waals surface area contributed by atoms with Crippen molar-refractivity contribution in [2.75, 3.05) is 18.4 Å². The van der Waals surface area contributed by atoms with E-state index in [0.717, 1.165) is 36.5 Å². The van der Waals surface area contributed by atoms with E-state index >= 15 is 0 Å². The Morgan fingerprint density at radius 1 is 1.50 bits per heavy atom. The maximum absolute atomic E-state index is 12.3. The number of H-pyrrole nitrogens is 1. The van der Waals surface area contributed by atoms with E-state index in [-0.39, 0.29) is 11.9 Å². The standard InChI is InChI=1S/C15H22N6O/c1-10-15(11(2)19-18-10)17-14(22)9-21-6-4-5-13(21)12-7-16-20(3)8-12/h7-8,13H,4-6,9H2,1-3H3,(H,17,22)(H,18,19). The lowest BCUT2D eigenvalue weighted by molar-refractivity contribution is -0.117. The number of rotatable bonds is 4. The Morgan fingerprint density at radius 2 is 2.32 bits per heavy atom. The monoisotopic (exact) mass is 302 g/mol. The molecular weight excluding hydrogens is 280 g/mol. The van der Waals surface area contributed by atoms with E-state index in [2.05, 4.69) is 25.5 Å². The van der Waals surface area contributed by atoms with Gasteiger partial charge in [0.15, 0.2) is 0 Å². The maximum atomic E-state index is 12.3. The molecule has 2 N–H and O–H groups in total. The second-order valence-corrected chi connectivity index (χ2v) is 5.93. The summed E-state index contributed by atoms with van der Waals surface area (Å²) in [6.45, 7) is 5.12. The summed E-state index contributed by atoms with van der Waals surface area (Å²) in [7, 11) is 1.92. The van der Waals surface area contributed by atoms with Gasteiger partial charge in [-0.2, -0.15) is 10.2 Å². The molecule has 118 valence electrons. The fourth-order valence-corrected chi connectivity index (χ4v) is 3.10. The number of likely N-dealkylation sites (tertiary alicyclic amines) is 1. The molecule has 3 rings (SSSR count). The summed E-state index contributed by atoms with van der Waals surface area (Å²) in [5.41, 5.74) is 3.68. The lowest BCUT2D eigenvalue weighted by Gasteiger charge is -2.22. The largest absolute Gasteiger partial charge is 0.322 e. The molecule has 0 spiro atoms. The van der Waals surface area contributed by atoms with Crippen molar-refractivity contribution in [3.63, 3.8) is 0 Å². The molecule has 2 aromatic heterocycles. The molecule has 0 aliphatic carbocycles. The smallest absolute Gasteiger partial charge is 0.238 e. The van der Waals surface area contributed by atoms with E-state index in [0.29, 0.717) is 6.54 Å². The number of carbonyl (C=O) groups excluding carboxylic acids is 1. The minimum absolute atomic E-state index is 0.00314. The number of aryl methyl sites for hydroxylation is 3. The number of carbonyl (C=O) groups is 1. The van der Waals surface area contributed by atoms with Crippen molar-refractivity contribution in [1.29, 1.82) is 0 Å². The molecule has 0 radical (unpaired) electrons. The van der Waals surface area contributed by atoms with Crippen LogP contribution >= 0.6 is 0 Å². The molecule has 3 heterocycles. The second-order valence-electron chi connectivity index (χ2n) is 5.93. The molecule has 1 unspecified atom stereocenters. The van der Waals surface area contributed by atoms with Gasteiger partial charge >= 0.3 is 0 Å². The Morgan fingerprint density at radius 3 is 2.95 bits per heavy atom. The molecular formula is C15H22N6O. The SMILES string of the molecule is Cc1n[nH]c(C)c1NC(=O)CN1CCCC1c1cnn(C)c1. The van der Waals surface area contributed by atoms with E-state index in [1.165, 1.54) is 5.56 Å². The van der Waals surface area contributed by atoms with Gasteiger partial charge in [0, 0.05) is 24.8 Å². The van der Waals surface area contributed by atoms with Crippen LogP contribution in [0.3, 0.4) is 0 Å². The molecule has 7 nitrogen and oxygen atoms in total. The van der Waals surface area contributed by atoms with Crippen molar-refractivity contribution in [2.45, 2.75) is 32.7 Å². The van der Waals surface area contributed by atoms with Crippen LogP contribution in [0.1, 0.15) is 35.8 Å². The highest BCUT2D eigenvalue weighted by atomic mass is 16.2. The van der Waals surface area contributed by atoms with E-state index in [1.807, 2.05) is 38.0 Å². The summed E-state index contributed by atoms with van der Waals surface area (Å²) in [5, 5.41) is 14.2. The minimum atomic E-state index is 0.00314. The van der Waals surface area contributed by atoms with Gasteiger partial charge in [-0.3, -0.25) is 19.5 Å². The molecule has 1 aliphatic rings. The van der Waals surface area contributed by atoms with Crippen LogP contribution in [0, 0.1) is 13.8 Å². The summed E-state index contributed by atoms with van der Waals surface area (Å²) >= 11 is 0. The van der Waals surface area contributed by atoms with Gasteiger partial charge in [-0.05, 0) is 33.2 Å². The molecule has 1 amide bonds. The van der Waals surface area contributed by atoms with Crippen LogP contribution in [0.2, 0.25) is 0 Å². The highest BCUT2D eigenvalue weighted by Crippen LogP contribution is 2.31. The first-order chi connectivity index (χ1) is 10.5. The van der Waals surface area contributed by atoms with Gasteiger partial charge < -0.3 is 5.32 Å². The lowest BCUT2D eigenvalue weighted by atomic mass is 10.1. The molecule has 1 saturated heterocycles. The van der Waals surface area contributed by atoms with Crippen molar-refractivity contribution in [1.82, 2.24) is 24.9 Å². The summed E-state index contributed by atoms with van der Waals surface area (Å²) in [4.78, 5) is 14.6. The van der Waals surface area contributed by atoms with Crippen LogP contribution < -0.4 is 5.32 Å². The Labute approximate surface area is 129 Å². The lowest BCUT2D eigenvalue weighted by Crippen LogP contribution is -2.33. The van der Waals surface area contributed by atoms with Crippen molar-refractivity contribution in [2.24, 2.45) is 7.05 Å². The van der Waals surface area contributed by atoms with E-state index < -0.39 is 0 Å². The average molecular weight is 302 g/mol. The van der Waals surface area contributed by atoms with Crippen molar-refractivity contribution < 1.29 is 4.79 Å². The zero-order valence-corrected chi connectivity index (χ0v) is 13.3. The number of nitrogens with zero attached hydrogens (tertiary/aromatic N) is 4. The van der Waals surface area contributed by atoms with Crippen LogP contribution in [-0.2, 0) is 11.8 Å². The Kier molecular flexibility index (Phi) is 3.98. The molecule has 0 bridgehead atoms. The van der Waals surface area contributed by atoms with Gasteiger partial charge in [0.1, 0.15) is 0 Å². The molecule has 0 saturated carbocycles. The first-order valence-electron chi connectivity index (χ1n) is 7.58. The van der Waals surface area contributed by atoms with Gasteiger partial charge in [-0.1, -0.05) is 0 Å². The number of hydrogen-bond acceptors (Lipinski definition) is 4. The molecule has 1 fully saturated rings. The van der Waals surface area contributed by atoms with Crippen LogP contribution in [0.15, 0.2) is 12.4 Å². The fraction of sp³-hybridized carbons (Fsp3) is 0.533. The molecule has 7 heteroatoms. The van der Waals surface area contributed by atoms with Crippen LogP contribution in [0.25, 0.3) is 0 Å². The number of anilines is 1. The first-order valence-corrected chi connectivity index (χ1v) is 7.58. The third-order valence-electron chi connectivity index (χ3n) is 4.21. The number of hydrogen-bond donors (Lipinski definition) is 2. The zero-order chi connectivity index (χ0) is 15.7.